The van der Waals surface area contributed by atoms with Gasteiger partial charge in [0.2, 0.25) is 0 Å². The molecule has 2 heteroatoms. The number of hydrogen-bond donors (Lipinski definition) is 1. The highest BCUT2D eigenvalue weighted by atomic mass is 16.4. The van der Waals surface area contributed by atoms with Crippen LogP contribution in [0.15, 0.2) is 42.5 Å². The van der Waals surface area contributed by atoms with Crippen molar-refractivity contribution in [3.05, 3.63) is 53.6 Å². The lowest BCUT2D eigenvalue weighted by molar-refractivity contribution is -0.136. The summed E-state index contributed by atoms with van der Waals surface area (Å²) >= 11 is 0. The molecule has 3 rings (SSSR count). The van der Waals surface area contributed by atoms with Gasteiger partial charge in [0, 0.05) is 6.42 Å². The zero-order valence-corrected chi connectivity index (χ0v) is 10.4. The first-order chi connectivity index (χ1) is 8.72. The van der Waals surface area contributed by atoms with E-state index in [1.165, 1.54) is 21.9 Å². The van der Waals surface area contributed by atoms with Gasteiger partial charge in [-0.15, -0.1) is 0 Å². The third-order valence-corrected chi connectivity index (χ3v) is 2.96. The van der Waals surface area contributed by atoms with Crippen molar-refractivity contribution in [1.29, 1.82) is 0 Å². The van der Waals surface area contributed by atoms with Gasteiger partial charge in [-0.05, 0) is 28.3 Å². The Morgan fingerprint density at radius 1 is 1.22 bits per heavy atom. The molecule has 1 aliphatic carbocycles. The lowest BCUT2D eigenvalue weighted by Crippen LogP contribution is -1.91. The Morgan fingerprint density at radius 2 is 1.89 bits per heavy atom. The number of carbonyl (C=O) groups is 1. The van der Waals surface area contributed by atoms with E-state index in [4.69, 9.17) is 5.11 Å². The van der Waals surface area contributed by atoms with Gasteiger partial charge in [0.1, 0.15) is 0 Å². The molecule has 1 aliphatic rings. The summed E-state index contributed by atoms with van der Waals surface area (Å²) in [6.45, 7) is 1.60. The molecule has 2 nitrogen and oxygen atoms in total. The van der Waals surface area contributed by atoms with Gasteiger partial charge in [0.25, 0.3) is 0 Å². The zero-order valence-electron chi connectivity index (χ0n) is 10.4. The molecule has 0 unspecified atom stereocenters. The fourth-order valence-corrected chi connectivity index (χ4v) is 2.07. The topological polar surface area (TPSA) is 37.3 Å². The fourth-order valence-electron chi connectivity index (χ4n) is 2.07. The highest BCUT2D eigenvalue weighted by molar-refractivity contribution is 5.94. The maximum absolute atomic E-state index is 9.37. The summed E-state index contributed by atoms with van der Waals surface area (Å²) in [5.74, 6) is -0.745. The lowest BCUT2D eigenvalue weighted by Gasteiger charge is -2.11. The van der Waals surface area contributed by atoms with Crippen LogP contribution in [0, 0.1) is 0 Å². The van der Waals surface area contributed by atoms with Gasteiger partial charge in [0.15, 0.2) is 0 Å². The van der Waals surface area contributed by atoms with E-state index >= 15 is 0 Å². The predicted octanol–water partition coefficient (Wildman–Crippen LogP) is 3.89. The van der Waals surface area contributed by atoms with Crippen LogP contribution in [0.5, 0.6) is 0 Å². The minimum absolute atomic E-state index is 0.222. The molecule has 0 amide bonds. The van der Waals surface area contributed by atoms with Crippen molar-refractivity contribution in [3.8, 4) is 0 Å². The van der Waals surface area contributed by atoms with Crippen LogP contribution in [0.4, 0.5) is 0 Å². The first kappa shape index (κ1) is 12.4. The van der Waals surface area contributed by atoms with E-state index in [-0.39, 0.29) is 6.42 Å². The molecule has 0 atom stereocenters. The smallest absolute Gasteiger partial charge is 0.303 e. The molecular weight excluding hydrogens is 224 g/mol. The number of carboxylic acids is 1. The minimum Gasteiger partial charge on any atom is -0.481 e. The van der Waals surface area contributed by atoms with E-state index in [1.54, 1.807) is 6.92 Å². The Balaban J connectivity index is 0.000000209. The van der Waals surface area contributed by atoms with Crippen LogP contribution in [0.3, 0.4) is 0 Å². The van der Waals surface area contributed by atoms with Gasteiger partial charge in [-0.3, -0.25) is 4.79 Å². The standard InChI is InChI=1S/C13H10.C3H6O2/c1-4-10-6-2-8-12-9-3-7-11(5-1)13(10)12;1-2-3(4)5/h1-8H,9H2;2H2,1H3,(H,4,5). The highest BCUT2D eigenvalue weighted by Gasteiger charge is 2.06. The Bertz CT molecular complexity index is 592. The van der Waals surface area contributed by atoms with E-state index in [0.717, 1.165) is 6.42 Å². The molecule has 0 spiro atoms. The normalized spacial score (nSPS) is 11.8. The van der Waals surface area contributed by atoms with Crippen molar-refractivity contribution in [2.24, 2.45) is 0 Å². The molecule has 1 N–H and O–H groups in total. The van der Waals surface area contributed by atoms with Crippen LogP contribution in [0.2, 0.25) is 0 Å². The molecule has 0 aliphatic heterocycles. The van der Waals surface area contributed by atoms with Crippen molar-refractivity contribution in [2.75, 3.05) is 0 Å². The molecule has 0 fully saturated rings. The summed E-state index contributed by atoms with van der Waals surface area (Å²) in [6, 6.07) is 13.0. The van der Waals surface area contributed by atoms with Crippen molar-refractivity contribution >= 4 is 22.8 Å². The van der Waals surface area contributed by atoms with E-state index in [0.29, 0.717) is 0 Å². The SMILES string of the molecule is C1=Cc2cccc3cccc(c23)C1.CCC(=O)O. The van der Waals surface area contributed by atoms with Crippen LogP contribution >= 0.6 is 0 Å². The molecule has 0 heterocycles. The summed E-state index contributed by atoms with van der Waals surface area (Å²) in [5, 5.41) is 10.5. The summed E-state index contributed by atoms with van der Waals surface area (Å²) in [5.41, 5.74) is 2.81. The largest absolute Gasteiger partial charge is 0.481 e. The Morgan fingerprint density at radius 3 is 2.56 bits per heavy atom. The molecule has 0 radical (unpaired) electrons. The average Bonchev–Trinajstić information content (AvgIpc) is 2.41. The van der Waals surface area contributed by atoms with Gasteiger partial charge in [-0.25, -0.2) is 0 Å². The van der Waals surface area contributed by atoms with Gasteiger partial charge < -0.3 is 5.11 Å². The second kappa shape index (κ2) is 5.50. The third kappa shape index (κ3) is 2.59. The first-order valence-corrected chi connectivity index (χ1v) is 6.11. The fraction of sp³-hybridized carbons (Fsp3) is 0.188. The second-order valence-electron chi connectivity index (χ2n) is 4.22. The number of aliphatic carboxylic acids is 1. The number of allylic oxidation sites excluding steroid dienone is 1. The van der Waals surface area contributed by atoms with Crippen LogP contribution in [-0.4, -0.2) is 11.1 Å². The van der Waals surface area contributed by atoms with Gasteiger partial charge in [0.05, 0.1) is 0 Å². The predicted molar refractivity (Wildman–Crippen MR) is 74.6 cm³/mol. The molecule has 0 aromatic heterocycles. The van der Waals surface area contributed by atoms with E-state index in [2.05, 4.69) is 48.6 Å². The Kier molecular flexibility index (Phi) is 3.78. The molecule has 0 saturated carbocycles. The summed E-state index contributed by atoms with van der Waals surface area (Å²) in [7, 11) is 0. The first-order valence-electron chi connectivity index (χ1n) is 6.11. The van der Waals surface area contributed by atoms with Crippen molar-refractivity contribution in [2.45, 2.75) is 19.8 Å². The molecule has 0 bridgehead atoms. The Labute approximate surface area is 107 Å². The molecule has 0 saturated heterocycles. The molecular formula is C16H16O2. The van der Waals surface area contributed by atoms with Crippen LogP contribution in [0.25, 0.3) is 16.8 Å². The van der Waals surface area contributed by atoms with E-state index in [1.807, 2.05) is 0 Å². The van der Waals surface area contributed by atoms with Gasteiger partial charge in [-0.1, -0.05) is 55.5 Å². The van der Waals surface area contributed by atoms with Crippen LogP contribution < -0.4 is 0 Å². The van der Waals surface area contributed by atoms with Crippen LogP contribution in [-0.2, 0) is 11.2 Å². The average molecular weight is 240 g/mol. The van der Waals surface area contributed by atoms with Gasteiger partial charge in [-0.2, -0.15) is 0 Å². The quantitative estimate of drug-likeness (QED) is 0.821. The molecule has 2 aromatic rings. The number of carboxylic acid groups (broad SMARTS) is 1. The molecule has 18 heavy (non-hydrogen) atoms. The zero-order chi connectivity index (χ0) is 13.0. The van der Waals surface area contributed by atoms with Crippen molar-refractivity contribution in [1.82, 2.24) is 0 Å². The molecule has 92 valence electrons. The minimum atomic E-state index is -0.745. The maximum Gasteiger partial charge on any atom is 0.303 e. The monoisotopic (exact) mass is 240 g/mol. The van der Waals surface area contributed by atoms with E-state index in [9.17, 15) is 4.79 Å². The lowest BCUT2D eigenvalue weighted by atomic mass is 9.93. The second-order valence-corrected chi connectivity index (χ2v) is 4.22. The van der Waals surface area contributed by atoms with Gasteiger partial charge >= 0.3 is 5.97 Å². The number of hydrogen-bond acceptors (Lipinski definition) is 1. The number of benzene rings is 2. The van der Waals surface area contributed by atoms with Crippen molar-refractivity contribution in [3.63, 3.8) is 0 Å². The maximum atomic E-state index is 9.37. The highest BCUT2D eigenvalue weighted by Crippen LogP contribution is 2.27. The molecule has 2 aromatic carbocycles. The summed E-state index contributed by atoms with van der Waals surface area (Å²) in [4.78, 5) is 9.37. The summed E-state index contributed by atoms with van der Waals surface area (Å²) in [6.07, 6.45) is 5.75. The third-order valence-electron chi connectivity index (χ3n) is 2.96. The number of rotatable bonds is 1. The summed E-state index contributed by atoms with van der Waals surface area (Å²) < 4.78 is 0. The Hall–Kier alpha value is -2.09. The van der Waals surface area contributed by atoms with E-state index < -0.39 is 5.97 Å². The van der Waals surface area contributed by atoms with Crippen molar-refractivity contribution < 1.29 is 9.90 Å². The van der Waals surface area contributed by atoms with Crippen LogP contribution in [0.1, 0.15) is 24.5 Å².